The number of rotatable bonds is 1. The van der Waals surface area contributed by atoms with Crippen molar-refractivity contribution in [1.82, 2.24) is 0 Å². The van der Waals surface area contributed by atoms with Crippen LogP contribution in [-0.2, 0) is 12.6 Å². The molecule has 0 amide bonds. The van der Waals surface area contributed by atoms with Crippen molar-refractivity contribution in [3.63, 3.8) is 0 Å². The van der Waals surface area contributed by atoms with Gasteiger partial charge in [0.05, 0.1) is 23.8 Å². The molecular weight excluding hydrogens is 336 g/mol. The van der Waals surface area contributed by atoms with Crippen molar-refractivity contribution in [3.8, 4) is 22.9 Å². The Bertz CT molecular complexity index is 810. The third-order valence-electron chi connectivity index (χ3n) is 3.71. The molecule has 0 spiro atoms. The molecule has 0 bridgehead atoms. The van der Waals surface area contributed by atoms with Crippen LogP contribution in [0.1, 0.15) is 23.1 Å². The second-order valence-corrected chi connectivity index (χ2v) is 5.26. The van der Waals surface area contributed by atoms with E-state index in [0.717, 1.165) is 24.3 Å². The Morgan fingerprint density at radius 1 is 1.12 bits per heavy atom. The Labute approximate surface area is 142 Å². The van der Waals surface area contributed by atoms with Crippen molar-refractivity contribution >= 4 is 0 Å². The van der Waals surface area contributed by atoms with Crippen LogP contribution in [0.2, 0.25) is 0 Å². The van der Waals surface area contributed by atoms with E-state index in [4.69, 9.17) is 10.00 Å². The SMILES string of the molecule is CN.N#Cc1ccc(C(F)(F)F)c(-c2cc(F)cc3c2OCCC3)c1. The average molecular weight is 352 g/mol. The zero-order valence-corrected chi connectivity index (χ0v) is 13.5. The van der Waals surface area contributed by atoms with E-state index >= 15 is 0 Å². The first-order chi connectivity index (χ1) is 11.9. The summed E-state index contributed by atoms with van der Waals surface area (Å²) in [4.78, 5) is 0. The summed E-state index contributed by atoms with van der Waals surface area (Å²) < 4.78 is 59.2. The molecule has 2 N–H and O–H groups in total. The molecule has 0 fully saturated rings. The van der Waals surface area contributed by atoms with Gasteiger partial charge in [-0.25, -0.2) is 4.39 Å². The van der Waals surface area contributed by atoms with Gasteiger partial charge < -0.3 is 10.5 Å². The van der Waals surface area contributed by atoms with Gasteiger partial charge in [0.1, 0.15) is 11.6 Å². The molecule has 0 unspecified atom stereocenters. The summed E-state index contributed by atoms with van der Waals surface area (Å²) in [6, 6.07) is 7.17. The third kappa shape index (κ3) is 3.91. The lowest BCUT2D eigenvalue weighted by molar-refractivity contribution is -0.137. The lowest BCUT2D eigenvalue weighted by Crippen LogP contribution is -2.12. The fourth-order valence-corrected chi connectivity index (χ4v) is 2.73. The summed E-state index contributed by atoms with van der Waals surface area (Å²) in [5, 5.41) is 8.96. The second-order valence-electron chi connectivity index (χ2n) is 5.26. The van der Waals surface area contributed by atoms with Crippen LogP contribution in [0.15, 0.2) is 30.3 Å². The zero-order valence-electron chi connectivity index (χ0n) is 13.5. The number of aryl methyl sites for hydroxylation is 1. The number of nitriles is 1. The maximum Gasteiger partial charge on any atom is 0.417 e. The highest BCUT2D eigenvalue weighted by Crippen LogP contribution is 2.43. The summed E-state index contributed by atoms with van der Waals surface area (Å²) in [6.45, 7) is 0.366. The van der Waals surface area contributed by atoms with E-state index in [2.05, 4.69) is 5.73 Å². The van der Waals surface area contributed by atoms with Gasteiger partial charge >= 0.3 is 6.18 Å². The lowest BCUT2D eigenvalue weighted by atomic mass is 9.93. The molecule has 3 rings (SSSR count). The van der Waals surface area contributed by atoms with Gasteiger partial charge in [0.2, 0.25) is 0 Å². The molecule has 3 nitrogen and oxygen atoms in total. The van der Waals surface area contributed by atoms with E-state index in [-0.39, 0.29) is 22.4 Å². The van der Waals surface area contributed by atoms with Crippen LogP contribution >= 0.6 is 0 Å². The topological polar surface area (TPSA) is 59.0 Å². The fourth-order valence-electron chi connectivity index (χ4n) is 2.73. The van der Waals surface area contributed by atoms with Crippen LogP contribution in [-0.4, -0.2) is 13.7 Å². The quantitative estimate of drug-likeness (QED) is 0.779. The Balaban J connectivity index is 0.00000109. The number of halogens is 4. The smallest absolute Gasteiger partial charge is 0.417 e. The van der Waals surface area contributed by atoms with Crippen molar-refractivity contribution in [2.75, 3.05) is 13.7 Å². The summed E-state index contributed by atoms with van der Waals surface area (Å²) in [5.41, 5.74) is 3.99. The van der Waals surface area contributed by atoms with Crippen molar-refractivity contribution in [2.24, 2.45) is 5.73 Å². The first-order valence-electron chi connectivity index (χ1n) is 7.55. The van der Waals surface area contributed by atoms with Crippen LogP contribution in [0.3, 0.4) is 0 Å². The molecule has 1 aliphatic heterocycles. The van der Waals surface area contributed by atoms with E-state index in [1.165, 1.54) is 13.1 Å². The molecule has 2 aromatic carbocycles. The number of ether oxygens (including phenoxy) is 1. The molecule has 132 valence electrons. The zero-order chi connectivity index (χ0) is 18.6. The Kier molecular flexibility index (Phi) is 5.65. The molecule has 1 heterocycles. The van der Waals surface area contributed by atoms with Crippen molar-refractivity contribution in [3.05, 3.63) is 52.8 Å². The molecule has 2 aromatic rings. The molecular formula is C18H16F4N2O. The van der Waals surface area contributed by atoms with Crippen molar-refractivity contribution in [1.29, 1.82) is 5.26 Å². The van der Waals surface area contributed by atoms with E-state index in [1.807, 2.05) is 6.07 Å². The van der Waals surface area contributed by atoms with E-state index < -0.39 is 17.6 Å². The molecule has 1 aliphatic rings. The number of nitrogens with zero attached hydrogens (tertiary/aromatic N) is 1. The Hall–Kier alpha value is -2.59. The second kappa shape index (κ2) is 7.53. The molecule has 7 heteroatoms. The fraction of sp³-hybridized carbons (Fsp3) is 0.278. The number of alkyl halides is 3. The largest absolute Gasteiger partial charge is 0.493 e. The van der Waals surface area contributed by atoms with Gasteiger partial charge in [0, 0.05) is 5.56 Å². The van der Waals surface area contributed by atoms with Crippen molar-refractivity contribution in [2.45, 2.75) is 19.0 Å². The van der Waals surface area contributed by atoms with E-state index in [0.29, 0.717) is 25.0 Å². The molecule has 0 saturated carbocycles. The molecule has 25 heavy (non-hydrogen) atoms. The average Bonchev–Trinajstić information content (AvgIpc) is 2.61. The number of fused-ring (bicyclic) bond motifs is 1. The Morgan fingerprint density at radius 2 is 1.84 bits per heavy atom. The highest BCUT2D eigenvalue weighted by Gasteiger charge is 2.35. The number of nitrogens with two attached hydrogens (primary N) is 1. The van der Waals surface area contributed by atoms with Crippen LogP contribution in [0.4, 0.5) is 17.6 Å². The predicted molar refractivity (Wildman–Crippen MR) is 85.5 cm³/mol. The summed E-state index contributed by atoms with van der Waals surface area (Å²) in [7, 11) is 1.50. The first kappa shape index (κ1) is 18.7. The molecule has 0 atom stereocenters. The molecule has 0 radical (unpaired) electrons. The van der Waals surface area contributed by atoms with Gasteiger partial charge in [-0.1, -0.05) is 0 Å². The molecule has 0 saturated heterocycles. The standard InChI is InChI=1S/C17H11F4NO.CH5N/c18-12-7-11-2-1-5-23-16(11)14(8-12)13-6-10(9-22)3-4-15(13)17(19,20)21;1-2/h3-4,6-8H,1-2,5H2;2H2,1H3. The molecule has 0 aromatic heterocycles. The van der Waals surface area contributed by atoms with Gasteiger partial charge in [0.25, 0.3) is 0 Å². The Morgan fingerprint density at radius 3 is 2.48 bits per heavy atom. The highest BCUT2D eigenvalue weighted by molar-refractivity contribution is 5.77. The number of hydrogen-bond donors (Lipinski definition) is 1. The van der Waals surface area contributed by atoms with Crippen LogP contribution in [0, 0.1) is 17.1 Å². The third-order valence-corrected chi connectivity index (χ3v) is 3.71. The molecule has 0 aliphatic carbocycles. The van der Waals surface area contributed by atoms with Gasteiger partial charge in [-0.2, -0.15) is 18.4 Å². The maximum atomic E-state index is 13.8. The minimum Gasteiger partial charge on any atom is -0.493 e. The van der Waals surface area contributed by atoms with E-state index in [9.17, 15) is 17.6 Å². The highest BCUT2D eigenvalue weighted by atomic mass is 19.4. The monoisotopic (exact) mass is 352 g/mol. The van der Waals surface area contributed by atoms with Crippen LogP contribution in [0.25, 0.3) is 11.1 Å². The summed E-state index contributed by atoms with van der Waals surface area (Å²) >= 11 is 0. The summed E-state index contributed by atoms with van der Waals surface area (Å²) in [6.07, 6.45) is -3.39. The van der Waals surface area contributed by atoms with Gasteiger partial charge in [0.15, 0.2) is 0 Å². The predicted octanol–water partition coefficient (Wildman–Crippen LogP) is 4.28. The number of hydrogen-bond acceptors (Lipinski definition) is 3. The first-order valence-corrected chi connectivity index (χ1v) is 7.55. The lowest BCUT2D eigenvalue weighted by Gasteiger charge is -2.22. The van der Waals surface area contributed by atoms with Gasteiger partial charge in [-0.05, 0) is 61.3 Å². The van der Waals surface area contributed by atoms with Crippen LogP contribution < -0.4 is 10.5 Å². The number of benzene rings is 2. The summed E-state index contributed by atoms with van der Waals surface area (Å²) in [5.74, 6) is -0.363. The van der Waals surface area contributed by atoms with Gasteiger partial charge in [-0.3, -0.25) is 0 Å². The normalized spacial score (nSPS) is 13.0. The van der Waals surface area contributed by atoms with Gasteiger partial charge in [-0.15, -0.1) is 0 Å². The van der Waals surface area contributed by atoms with Crippen molar-refractivity contribution < 1.29 is 22.3 Å². The minimum absolute atomic E-state index is 0.0316. The maximum absolute atomic E-state index is 13.8. The minimum atomic E-state index is -4.61. The van der Waals surface area contributed by atoms with E-state index in [1.54, 1.807) is 0 Å². The van der Waals surface area contributed by atoms with Crippen LogP contribution in [0.5, 0.6) is 5.75 Å².